The van der Waals surface area contributed by atoms with E-state index in [-0.39, 0.29) is 12.8 Å². The number of hydrogen-bond donors (Lipinski definition) is 2. The number of carboxylic acid groups (broad SMARTS) is 1. The van der Waals surface area contributed by atoms with Crippen LogP contribution in [0.1, 0.15) is 12.8 Å². The molecular formula is C9H13NO6S. The fourth-order valence-electron chi connectivity index (χ4n) is 0.893. The Balaban J connectivity index is 4.47. The van der Waals surface area contributed by atoms with E-state index in [0.29, 0.717) is 0 Å². The molecule has 0 radical (unpaired) electrons. The van der Waals surface area contributed by atoms with E-state index in [0.717, 1.165) is 7.11 Å². The second kappa shape index (κ2) is 6.88. The minimum Gasteiger partial charge on any atom is -0.480 e. The van der Waals surface area contributed by atoms with E-state index in [9.17, 15) is 18.0 Å². The van der Waals surface area contributed by atoms with E-state index in [4.69, 9.17) is 11.5 Å². The van der Waals surface area contributed by atoms with Crippen molar-refractivity contribution in [3.63, 3.8) is 0 Å². The molecule has 0 aliphatic heterocycles. The molecule has 0 saturated carbocycles. The molecule has 0 aromatic heterocycles. The predicted octanol–water partition coefficient (Wildman–Crippen LogP) is -1.05. The highest BCUT2D eigenvalue weighted by Gasteiger charge is 2.23. The van der Waals surface area contributed by atoms with Crippen LogP contribution < -0.4 is 4.72 Å². The number of methoxy groups -OCH3 is 1. The van der Waals surface area contributed by atoms with Gasteiger partial charge < -0.3 is 9.84 Å². The molecule has 96 valence electrons. The molecule has 0 heterocycles. The number of ether oxygens (including phenoxy) is 1. The van der Waals surface area contributed by atoms with Crippen LogP contribution in [0.5, 0.6) is 0 Å². The first-order valence-corrected chi connectivity index (χ1v) is 6.20. The van der Waals surface area contributed by atoms with Crippen LogP contribution in [0.25, 0.3) is 0 Å². The average molecular weight is 263 g/mol. The van der Waals surface area contributed by atoms with Crippen LogP contribution in [0.2, 0.25) is 0 Å². The number of carbonyl (C=O) groups excluding carboxylic acids is 1. The number of carboxylic acids is 1. The highest BCUT2D eigenvalue weighted by molar-refractivity contribution is 7.89. The quantitative estimate of drug-likeness (QED) is 0.448. The maximum absolute atomic E-state index is 11.4. The van der Waals surface area contributed by atoms with Gasteiger partial charge in [-0.05, 0) is 0 Å². The standard InChI is InChI=1S/C9H13NO6S/c1-3-4-7(9(12)13)10-17(14,15)6-5-8(11)16-2/h1,7,10H,4-6H2,2H3,(H,12,13). The zero-order chi connectivity index (χ0) is 13.5. The number of esters is 1. The van der Waals surface area contributed by atoms with Crippen LogP contribution in [0.4, 0.5) is 0 Å². The summed E-state index contributed by atoms with van der Waals surface area (Å²) in [6, 6.07) is -1.39. The third kappa shape index (κ3) is 6.55. The lowest BCUT2D eigenvalue weighted by Crippen LogP contribution is -2.41. The van der Waals surface area contributed by atoms with Gasteiger partial charge in [0.1, 0.15) is 6.04 Å². The van der Waals surface area contributed by atoms with Gasteiger partial charge in [-0.15, -0.1) is 12.3 Å². The van der Waals surface area contributed by atoms with E-state index >= 15 is 0 Å². The van der Waals surface area contributed by atoms with E-state index in [1.165, 1.54) is 0 Å². The Bertz CT molecular complexity index is 421. The van der Waals surface area contributed by atoms with Crippen molar-refractivity contribution in [2.45, 2.75) is 18.9 Å². The number of rotatable bonds is 7. The zero-order valence-corrected chi connectivity index (χ0v) is 9.99. The smallest absolute Gasteiger partial charge is 0.322 e. The summed E-state index contributed by atoms with van der Waals surface area (Å²) in [6.07, 6.45) is 4.28. The summed E-state index contributed by atoms with van der Waals surface area (Å²) in [4.78, 5) is 21.4. The molecule has 0 saturated heterocycles. The maximum Gasteiger partial charge on any atom is 0.322 e. The lowest BCUT2D eigenvalue weighted by molar-refractivity contribution is -0.140. The number of terminal acetylenes is 1. The molecule has 0 aromatic rings. The molecule has 0 spiro atoms. The number of aliphatic carboxylic acids is 1. The van der Waals surface area contributed by atoms with Gasteiger partial charge in [0, 0.05) is 6.42 Å². The summed E-state index contributed by atoms with van der Waals surface area (Å²) < 4.78 is 28.9. The van der Waals surface area contributed by atoms with Crippen LogP contribution in [0, 0.1) is 12.3 Å². The maximum atomic E-state index is 11.4. The van der Waals surface area contributed by atoms with Gasteiger partial charge in [0.05, 0.1) is 19.3 Å². The Kier molecular flexibility index (Phi) is 6.23. The number of sulfonamides is 1. The second-order valence-electron chi connectivity index (χ2n) is 3.06. The van der Waals surface area contributed by atoms with Crippen molar-refractivity contribution in [3.05, 3.63) is 0 Å². The Morgan fingerprint density at radius 3 is 2.53 bits per heavy atom. The molecule has 0 amide bonds. The largest absolute Gasteiger partial charge is 0.480 e. The minimum atomic E-state index is -3.88. The number of hydrogen-bond acceptors (Lipinski definition) is 5. The van der Waals surface area contributed by atoms with Gasteiger partial charge in [-0.25, -0.2) is 8.42 Å². The van der Waals surface area contributed by atoms with Crippen LogP contribution >= 0.6 is 0 Å². The fraction of sp³-hybridized carbons (Fsp3) is 0.556. The van der Waals surface area contributed by atoms with Gasteiger partial charge in [0.25, 0.3) is 0 Å². The van der Waals surface area contributed by atoms with E-state index in [1.54, 1.807) is 0 Å². The number of carbonyl (C=O) groups is 2. The molecule has 17 heavy (non-hydrogen) atoms. The van der Waals surface area contributed by atoms with Crippen LogP contribution in [0.3, 0.4) is 0 Å². The molecule has 0 bridgehead atoms. The molecule has 0 aliphatic carbocycles. The number of nitrogens with one attached hydrogen (secondary N) is 1. The molecule has 1 atom stereocenters. The fourth-order valence-corrected chi connectivity index (χ4v) is 2.06. The summed E-state index contributed by atoms with van der Waals surface area (Å²) in [5, 5.41) is 8.68. The Morgan fingerprint density at radius 1 is 1.53 bits per heavy atom. The van der Waals surface area contributed by atoms with Crippen LogP contribution in [-0.2, 0) is 24.3 Å². The third-order valence-corrected chi connectivity index (χ3v) is 3.13. The first kappa shape index (κ1) is 15.4. The molecule has 0 aliphatic rings. The molecule has 1 unspecified atom stereocenters. The van der Waals surface area contributed by atoms with Crippen molar-refractivity contribution in [2.75, 3.05) is 12.9 Å². The molecule has 2 N–H and O–H groups in total. The van der Waals surface area contributed by atoms with Crippen LogP contribution in [-0.4, -0.2) is 44.4 Å². The zero-order valence-electron chi connectivity index (χ0n) is 9.17. The molecule has 0 fully saturated rings. The van der Waals surface area contributed by atoms with Crippen molar-refractivity contribution >= 4 is 22.0 Å². The first-order valence-electron chi connectivity index (χ1n) is 4.55. The van der Waals surface area contributed by atoms with Crippen molar-refractivity contribution in [1.82, 2.24) is 4.72 Å². The lowest BCUT2D eigenvalue weighted by atomic mass is 10.2. The summed E-state index contributed by atoms with van der Waals surface area (Å²) in [5.74, 6) is -0.565. The highest BCUT2D eigenvalue weighted by atomic mass is 32.2. The SMILES string of the molecule is C#CCC(NS(=O)(=O)CCC(=O)OC)C(=O)O. The lowest BCUT2D eigenvalue weighted by Gasteiger charge is -2.11. The molecule has 0 rings (SSSR count). The van der Waals surface area contributed by atoms with Gasteiger partial charge in [-0.1, -0.05) is 0 Å². The third-order valence-electron chi connectivity index (χ3n) is 1.74. The van der Waals surface area contributed by atoms with Gasteiger partial charge in [-0.2, -0.15) is 4.72 Å². The minimum absolute atomic E-state index is 0.271. The van der Waals surface area contributed by atoms with Crippen LogP contribution in [0.15, 0.2) is 0 Å². The van der Waals surface area contributed by atoms with E-state index < -0.39 is 33.8 Å². The van der Waals surface area contributed by atoms with Gasteiger partial charge >= 0.3 is 11.9 Å². The second-order valence-corrected chi connectivity index (χ2v) is 4.94. The molecule has 7 nitrogen and oxygen atoms in total. The van der Waals surface area contributed by atoms with Crippen molar-refractivity contribution in [2.24, 2.45) is 0 Å². The van der Waals surface area contributed by atoms with Gasteiger partial charge in [0.2, 0.25) is 10.0 Å². The van der Waals surface area contributed by atoms with Crippen molar-refractivity contribution in [3.8, 4) is 12.3 Å². The topological polar surface area (TPSA) is 110 Å². The molecule has 8 heteroatoms. The van der Waals surface area contributed by atoms with Gasteiger partial charge in [-0.3, -0.25) is 9.59 Å². The predicted molar refractivity (Wildman–Crippen MR) is 58.4 cm³/mol. The summed E-state index contributed by atoms with van der Waals surface area (Å²) in [6.45, 7) is 0. The normalized spacial score (nSPS) is 12.5. The van der Waals surface area contributed by atoms with Crippen molar-refractivity contribution in [1.29, 1.82) is 0 Å². The summed E-state index contributed by atoms with van der Waals surface area (Å²) in [5.41, 5.74) is 0. The van der Waals surface area contributed by atoms with E-state index in [2.05, 4.69) is 4.74 Å². The van der Waals surface area contributed by atoms with Gasteiger partial charge in [0.15, 0.2) is 0 Å². The first-order chi connectivity index (χ1) is 7.82. The summed E-state index contributed by atoms with van der Waals surface area (Å²) >= 11 is 0. The average Bonchev–Trinajstić information content (AvgIpc) is 2.25. The molecule has 0 aromatic carbocycles. The highest BCUT2D eigenvalue weighted by Crippen LogP contribution is 1.98. The Hall–Kier alpha value is -1.59. The monoisotopic (exact) mass is 263 g/mol. The summed E-state index contributed by atoms with van der Waals surface area (Å²) in [7, 11) is -2.75. The van der Waals surface area contributed by atoms with E-state index in [1.807, 2.05) is 10.6 Å². The Morgan fingerprint density at radius 2 is 2.12 bits per heavy atom. The molecular weight excluding hydrogens is 250 g/mol. The van der Waals surface area contributed by atoms with Crippen molar-refractivity contribution < 1.29 is 27.9 Å². The Labute approximate surface area is 99.2 Å².